The number of hydrogen-bond acceptors (Lipinski definition) is 5. The number of carbonyl (C=O) groups is 2. The van der Waals surface area contributed by atoms with E-state index in [9.17, 15) is 9.59 Å². The minimum atomic E-state index is -0.712. The number of amides is 2. The van der Waals surface area contributed by atoms with Crippen LogP contribution < -0.4 is 10.6 Å². The first-order valence-corrected chi connectivity index (χ1v) is 8.44. The van der Waals surface area contributed by atoms with Gasteiger partial charge in [0, 0.05) is 0 Å². The van der Waals surface area contributed by atoms with Gasteiger partial charge in [-0.3, -0.25) is 10.6 Å². The zero-order chi connectivity index (χ0) is 20.0. The molecule has 0 unspecified atom stereocenters. The molecule has 7 heteroatoms. The van der Waals surface area contributed by atoms with Crippen LogP contribution in [0.25, 0.3) is 0 Å². The summed E-state index contributed by atoms with van der Waals surface area (Å²) in [6, 6.07) is 7.78. The Morgan fingerprint density at radius 3 is 1.88 bits per heavy atom. The van der Waals surface area contributed by atoms with Gasteiger partial charge in [-0.2, -0.15) is 0 Å². The fraction of sp³-hybridized carbons (Fsp3) is 0.526. The summed E-state index contributed by atoms with van der Waals surface area (Å²) in [5, 5.41) is 4.90. The van der Waals surface area contributed by atoms with E-state index in [0.717, 1.165) is 11.1 Å². The van der Waals surface area contributed by atoms with Crippen molar-refractivity contribution in [3.8, 4) is 0 Å². The number of nitrogens with one attached hydrogen (secondary N) is 2. The van der Waals surface area contributed by atoms with E-state index in [4.69, 9.17) is 9.47 Å². The number of hydrogen-bond donors (Lipinski definition) is 2. The summed E-state index contributed by atoms with van der Waals surface area (Å²) in [7, 11) is 0. The largest absolute Gasteiger partial charge is 0.444 e. The Labute approximate surface area is 155 Å². The number of rotatable bonds is 2. The lowest BCUT2D eigenvalue weighted by molar-refractivity contribution is 0.0545. The van der Waals surface area contributed by atoms with Crippen LogP contribution in [0.4, 0.5) is 9.59 Å². The van der Waals surface area contributed by atoms with Crippen molar-refractivity contribution in [1.29, 1.82) is 0 Å². The first kappa shape index (κ1) is 21.5. The highest BCUT2D eigenvalue weighted by molar-refractivity contribution is 6.01. The van der Waals surface area contributed by atoms with Gasteiger partial charge in [0.1, 0.15) is 11.2 Å². The van der Waals surface area contributed by atoms with Crippen molar-refractivity contribution in [2.24, 2.45) is 4.99 Å². The molecule has 0 aliphatic heterocycles. The lowest BCUT2D eigenvalue weighted by Gasteiger charge is -2.22. The molecular weight excluding hydrogens is 334 g/mol. The normalized spacial score (nSPS) is 11.3. The van der Waals surface area contributed by atoms with Crippen molar-refractivity contribution in [1.82, 2.24) is 10.6 Å². The molecule has 1 aromatic rings. The molecule has 0 bridgehead atoms. The molecule has 0 radical (unpaired) electrons. The Morgan fingerprint density at radius 1 is 0.962 bits per heavy atom. The van der Waals surface area contributed by atoms with Crippen molar-refractivity contribution in [3.05, 3.63) is 35.4 Å². The number of alkyl carbamates (subject to hydrolysis) is 2. The standard InChI is InChI=1S/C19H29N3O4/c1-13-9-8-10-14(11-13)12-20-15(21-16(23)25-18(2,3)4)22-17(24)26-19(5,6)7/h8-11H,12H2,1-7H3,(H2,20,21,22,23,24). The van der Waals surface area contributed by atoms with Gasteiger partial charge in [-0.05, 0) is 54.0 Å². The molecule has 0 spiro atoms. The van der Waals surface area contributed by atoms with Crippen molar-refractivity contribution in [3.63, 3.8) is 0 Å². The molecule has 0 atom stereocenters. The van der Waals surface area contributed by atoms with Crippen LogP contribution in [-0.2, 0) is 16.0 Å². The van der Waals surface area contributed by atoms with Gasteiger partial charge in [0.2, 0.25) is 5.96 Å². The molecule has 2 amide bonds. The number of benzene rings is 1. The third kappa shape index (κ3) is 9.66. The highest BCUT2D eigenvalue weighted by Crippen LogP contribution is 2.08. The van der Waals surface area contributed by atoms with Crippen LogP contribution in [-0.4, -0.2) is 29.3 Å². The second kappa shape index (κ2) is 8.69. The number of aryl methyl sites for hydroxylation is 1. The zero-order valence-corrected chi connectivity index (χ0v) is 16.6. The first-order chi connectivity index (χ1) is 11.8. The fourth-order valence-corrected chi connectivity index (χ4v) is 1.89. The maximum absolute atomic E-state index is 12.0. The maximum atomic E-state index is 12.0. The summed E-state index contributed by atoms with van der Waals surface area (Å²) < 4.78 is 10.4. The first-order valence-electron chi connectivity index (χ1n) is 8.44. The maximum Gasteiger partial charge on any atom is 0.414 e. The predicted molar refractivity (Wildman–Crippen MR) is 101 cm³/mol. The SMILES string of the molecule is Cc1cccc(CN=C(NC(=O)OC(C)(C)C)NC(=O)OC(C)(C)C)c1. The summed E-state index contributed by atoms with van der Waals surface area (Å²) in [4.78, 5) is 28.3. The predicted octanol–water partition coefficient (Wildman–Crippen LogP) is 3.90. The molecule has 7 nitrogen and oxygen atoms in total. The Kier molecular flexibility index (Phi) is 7.18. The number of carbonyl (C=O) groups excluding carboxylic acids is 2. The smallest absolute Gasteiger partial charge is 0.414 e. The Hall–Kier alpha value is -2.57. The average molecular weight is 363 g/mol. The molecule has 1 aromatic carbocycles. The lowest BCUT2D eigenvalue weighted by atomic mass is 10.1. The van der Waals surface area contributed by atoms with Crippen molar-refractivity contribution >= 4 is 18.1 Å². The van der Waals surface area contributed by atoms with E-state index in [1.807, 2.05) is 31.2 Å². The molecule has 0 aliphatic carbocycles. The highest BCUT2D eigenvalue weighted by atomic mass is 16.6. The van der Waals surface area contributed by atoms with Crippen LogP contribution in [0.5, 0.6) is 0 Å². The molecule has 0 aromatic heterocycles. The zero-order valence-electron chi connectivity index (χ0n) is 16.6. The molecule has 0 saturated heterocycles. The van der Waals surface area contributed by atoms with E-state index < -0.39 is 23.4 Å². The van der Waals surface area contributed by atoms with Gasteiger partial charge in [0.25, 0.3) is 0 Å². The van der Waals surface area contributed by atoms with Gasteiger partial charge < -0.3 is 9.47 Å². The minimum Gasteiger partial charge on any atom is -0.444 e. The van der Waals surface area contributed by atoms with E-state index in [0.29, 0.717) is 0 Å². The summed E-state index contributed by atoms with van der Waals surface area (Å²) in [6.07, 6.45) is -1.42. The number of aliphatic imine (C=N–C) groups is 1. The molecule has 144 valence electrons. The molecule has 0 fully saturated rings. The second-order valence-corrected chi connectivity index (χ2v) is 7.91. The lowest BCUT2D eigenvalue weighted by Crippen LogP contribution is -2.47. The minimum absolute atomic E-state index is 0.0324. The number of guanidine groups is 1. The van der Waals surface area contributed by atoms with Gasteiger partial charge in [-0.15, -0.1) is 0 Å². The topological polar surface area (TPSA) is 89.0 Å². The number of nitrogens with zero attached hydrogens (tertiary/aromatic N) is 1. The van der Waals surface area contributed by atoms with E-state index in [1.165, 1.54) is 0 Å². The molecule has 0 heterocycles. The van der Waals surface area contributed by atoms with Crippen molar-refractivity contribution in [2.45, 2.75) is 66.2 Å². The van der Waals surface area contributed by atoms with E-state index in [-0.39, 0.29) is 12.5 Å². The van der Waals surface area contributed by atoms with Crippen LogP contribution >= 0.6 is 0 Å². The second-order valence-electron chi connectivity index (χ2n) is 7.91. The summed E-state index contributed by atoms with van der Waals surface area (Å²) >= 11 is 0. The third-order valence-electron chi connectivity index (χ3n) is 2.74. The Morgan fingerprint density at radius 2 is 1.46 bits per heavy atom. The van der Waals surface area contributed by atoms with Crippen LogP contribution in [0.15, 0.2) is 29.3 Å². The van der Waals surface area contributed by atoms with Crippen LogP contribution in [0.2, 0.25) is 0 Å². The Balaban J connectivity index is 2.87. The summed E-state index contributed by atoms with van der Waals surface area (Å²) in [5.74, 6) is -0.0324. The summed E-state index contributed by atoms with van der Waals surface area (Å²) in [6.45, 7) is 12.7. The molecule has 0 aliphatic rings. The fourth-order valence-electron chi connectivity index (χ4n) is 1.89. The summed E-state index contributed by atoms with van der Waals surface area (Å²) in [5.41, 5.74) is 0.703. The molecule has 0 saturated carbocycles. The van der Waals surface area contributed by atoms with E-state index in [1.54, 1.807) is 41.5 Å². The van der Waals surface area contributed by atoms with Crippen LogP contribution in [0, 0.1) is 6.92 Å². The quantitative estimate of drug-likeness (QED) is 0.616. The van der Waals surface area contributed by atoms with Gasteiger partial charge in [0.15, 0.2) is 0 Å². The Bertz CT molecular complexity index is 638. The van der Waals surface area contributed by atoms with Crippen molar-refractivity contribution in [2.75, 3.05) is 0 Å². The third-order valence-corrected chi connectivity index (χ3v) is 2.74. The monoisotopic (exact) mass is 363 g/mol. The van der Waals surface area contributed by atoms with E-state index >= 15 is 0 Å². The number of ether oxygens (including phenoxy) is 2. The van der Waals surface area contributed by atoms with Crippen LogP contribution in [0.3, 0.4) is 0 Å². The van der Waals surface area contributed by atoms with Gasteiger partial charge in [-0.25, -0.2) is 14.6 Å². The van der Waals surface area contributed by atoms with Gasteiger partial charge >= 0.3 is 12.2 Å². The van der Waals surface area contributed by atoms with Gasteiger partial charge in [-0.1, -0.05) is 29.8 Å². The van der Waals surface area contributed by atoms with E-state index in [2.05, 4.69) is 15.6 Å². The van der Waals surface area contributed by atoms with Gasteiger partial charge in [0.05, 0.1) is 6.54 Å². The molecular formula is C19H29N3O4. The average Bonchev–Trinajstić information content (AvgIpc) is 2.40. The van der Waals surface area contributed by atoms with Crippen LogP contribution in [0.1, 0.15) is 52.7 Å². The molecule has 26 heavy (non-hydrogen) atoms. The molecule has 1 rings (SSSR count). The van der Waals surface area contributed by atoms with Crippen molar-refractivity contribution < 1.29 is 19.1 Å². The highest BCUT2D eigenvalue weighted by Gasteiger charge is 2.21. The molecule has 2 N–H and O–H groups in total.